The van der Waals surface area contributed by atoms with Gasteiger partial charge in [-0.1, -0.05) is 36.4 Å². The lowest BCUT2D eigenvalue weighted by molar-refractivity contribution is 0.0952. The van der Waals surface area contributed by atoms with Crippen LogP contribution in [-0.4, -0.2) is 22.0 Å². The standard InChI is InChI=1S/C20H17N3O/c24-20(15-6-2-1-3-7-15)22-12-13-23-18-9-5-4-8-16(18)17-10-11-21-14-19(17)23/h1-11,14H,12-13H2,(H,22,24). The quantitative estimate of drug-likeness (QED) is 0.625. The van der Waals surface area contributed by atoms with E-state index in [0.29, 0.717) is 18.7 Å². The van der Waals surface area contributed by atoms with Crippen molar-refractivity contribution in [3.05, 3.63) is 78.6 Å². The number of pyridine rings is 1. The molecule has 4 aromatic rings. The summed E-state index contributed by atoms with van der Waals surface area (Å²) >= 11 is 0. The van der Waals surface area contributed by atoms with E-state index in [4.69, 9.17) is 0 Å². The molecule has 2 aromatic heterocycles. The Morgan fingerprint density at radius 2 is 1.67 bits per heavy atom. The summed E-state index contributed by atoms with van der Waals surface area (Å²) in [5, 5.41) is 5.39. The highest BCUT2D eigenvalue weighted by atomic mass is 16.1. The molecule has 0 aliphatic heterocycles. The predicted molar refractivity (Wildman–Crippen MR) is 96.0 cm³/mol. The van der Waals surface area contributed by atoms with Gasteiger partial charge >= 0.3 is 0 Å². The van der Waals surface area contributed by atoms with Crippen molar-refractivity contribution < 1.29 is 4.79 Å². The first-order chi connectivity index (χ1) is 11.8. The number of carbonyl (C=O) groups excluding carboxylic acids is 1. The maximum absolute atomic E-state index is 12.2. The number of aromatic nitrogens is 2. The van der Waals surface area contributed by atoms with Crippen LogP contribution in [0.4, 0.5) is 0 Å². The van der Waals surface area contributed by atoms with Crippen molar-refractivity contribution in [1.82, 2.24) is 14.9 Å². The lowest BCUT2D eigenvalue weighted by Crippen LogP contribution is -2.27. The van der Waals surface area contributed by atoms with Crippen LogP contribution in [0.5, 0.6) is 0 Å². The second-order valence-corrected chi connectivity index (χ2v) is 5.68. The number of nitrogens with zero attached hydrogens (tertiary/aromatic N) is 2. The van der Waals surface area contributed by atoms with E-state index >= 15 is 0 Å². The second kappa shape index (κ2) is 6.16. The highest BCUT2D eigenvalue weighted by Gasteiger charge is 2.10. The summed E-state index contributed by atoms with van der Waals surface area (Å²) in [6.07, 6.45) is 3.70. The summed E-state index contributed by atoms with van der Waals surface area (Å²) in [6.45, 7) is 1.27. The van der Waals surface area contributed by atoms with Crippen LogP contribution in [0.2, 0.25) is 0 Å². The molecule has 24 heavy (non-hydrogen) atoms. The van der Waals surface area contributed by atoms with Crippen LogP contribution in [-0.2, 0) is 6.54 Å². The molecule has 0 radical (unpaired) electrons. The second-order valence-electron chi connectivity index (χ2n) is 5.68. The normalized spacial score (nSPS) is 11.0. The minimum Gasteiger partial charge on any atom is -0.350 e. The Morgan fingerprint density at radius 3 is 2.54 bits per heavy atom. The molecule has 0 bridgehead atoms. The van der Waals surface area contributed by atoms with Crippen molar-refractivity contribution in [3.63, 3.8) is 0 Å². The Bertz CT molecular complexity index is 952. The molecule has 2 heterocycles. The van der Waals surface area contributed by atoms with E-state index in [1.54, 1.807) is 0 Å². The lowest BCUT2D eigenvalue weighted by atomic mass is 10.2. The van der Waals surface area contributed by atoms with Gasteiger partial charge in [0.1, 0.15) is 0 Å². The summed E-state index contributed by atoms with van der Waals surface area (Å²) < 4.78 is 2.21. The van der Waals surface area contributed by atoms with Crippen molar-refractivity contribution in [2.75, 3.05) is 6.54 Å². The van der Waals surface area contributed by atoms with Gasteiger partial charge in [-0.25, -0.2) is 0 Å². The number of carbonyl (C=O) groups is 1. The van der Waals surface area contributed by atoms with Gasteiger partial charge in [0.05, 0.1) is 11.7 Å². The van der Waals surface area contributed by atoms with Gasteiger partial charge < -0.3 is 9.88 Å². The topological polar surface area (TPSA) is 46.9 Å². The van der Waals surface area contributed by atoms with Crippen molar-refractivity contribution in [2.24, 2.45) is 0 Å². The van der Waals surface area contributed by atoms with Crippen LogP contribution >= 0.6 is 0 Å². The number of rotatable bonds is 4. The average molecular weight is 315 g/mol. The van der Waals surface area contributed by atoms with Gasteiger partial charge in [0.15, 0.2) is 0 Å². The summed E-state index contributed by atoms with van der Waals surface area (Å²) in [5.74, 6) is -0.0468. The molecule has 118 valence electrons. The Balaban J connectivity index is 1.59. The molecule has 0 unspecified atom stereocenters. The molecule has 0 aliphatic rings. The van der Waals surface area contributed by atoms with E-state index in [1.165, 1.54) is 10.8 Å². The Labute approximate surface area is 139 Å². The Hall–Kier alpha value is -3.14. The zero-order valence-corrected chi connectivity index (χ0v) is 13.1. The van der Waals surface area contributed by atoms with Crippen LogP contribution in [0.25, 0.3) is 21.8 Å². The van der Waals surface area contributed by atoms with E-state index in [0.717, 1.165) is 11.0 Å². The van der Waals surface area contributed by atoms with E-state index in [-0.39, 0.29) is 5.91 Å². The number of nitrogens with one attached hydrogen (secondary N) is 1. The van der Waals surface area contributed by atoms with Gasteiger partial charge in [-0.2, -0.15) is 0 Å². The molecule has 2 aromatic carbocycles. The van der Waals surface area contributed by atoms with Crippen molar-refractivity contribution in [2.45, 2.75) is 6.54 Å². The first-order valence-electron chi connectivity index (χ1n) is 7.99. The maximum atomic E-state index is 12.2. The number of fused-ring (bicyclic) bond motifs is 3. The minimum atomic E-state index is -0.0468. The van der Waals surface area contributed by atoms with E-state index in [1.807, 2.05) is 60.9 Å². The summed E-state index contributed by atoms with van der Waals surface area (Å²) in [7, 11) is 0. The molecule has 0 atom stereocenters. The van der Waals surface area contributed by atoms with Crippen LogP contribution in [0.1, 0.15) is 10.4 Å². The summed E-state index contributed by atoms with van der Waals surface area (Å²) in [4.78, 5) is 16.4. The molecule has 4 nitrogen and oxygen atoms in total. The molecule has 0 saturated heterocycles. The van der Waals surface area contributed by atoms with Crippen LogP contribution in [0.3, 0.4) is 0 Å². The van der Waals surface area contributed by atoms with Crippen molar-refractivity contribution >= 4 is 27.7 Å². The zero-order valence-electron chi connectivity index (χ0n) is 13.1. The minimum absolute atomic E-state index is 0.0468. The Morgan fingerprint density at radius 1 is 0.917 bits per heavy atom. The number of benzene rings is 2. The fraction of sp³-hybridized carbons (Fsp3) is 0.100. The number of para-hydroxylation sites is 1. The molecule has 0 aliphatic carbocycles. The van der Waals surface area contributed by atoms with Gasteiger partial charge in [-0.15, -0.1) is 0 Å². The van der Waals surface area contributed by atoms with Crippen LogP contribution < -0.4 is 5.32 Å². The highest BCUT2D eigenvalue weighted by Crippen LogP contribution is 2.27. The molecule has 1 amide bonds. The van der Waals surface area contributed by atoms with Crippen molar-refractivity contribution in [1.29, 1.82) is 0 Å². The molecule has 0 fully saturated rings. The largest absolute Gasteiger partial charge is 0.350 e. The third-order valence-corrected chi connectivity index (χ3v) is 4.23. The van der Waals surface area contributed by atoms with E-state index in [2.05, 4.69) is 27.0 Å². The first kappa shape index (κ1) is 14.5. The highest BCUT2D eigenvalue weighted by molar-refractivity contribution is 6.07. The molecular weight excluding hydrogens is 298 g/mol. The molecule has 0 saturated carbocycles. The van der Waals surface area contributed by atoms with Crippen LogP contribution in [0, 0.1) is 0 Å². The summed E-state index contributed by atoms with van der Waals surface area (Å²) in [5.41, 5.74) is 2.93. The predicted octanol–water partition coefficient (Wildman–Crippen LogP) is 3.62. The van der Waals surface area contributed by atoms with Crippen LogP contribution in [0.15, 0.2) is 73.1 Å². The molecule has 1 N–H and O–H groups in total. The van der Waals surface area contributed by atoms with E-state index < -0.39 is 0 Å². The number of hydrogen-bond acceptors (Lipinski definition) is 2. The van der Waals surface area contributed by atoms with Gasteiger partial charge in [0, 0.05) is 41.1 Å². The number of amides is 1. The smallest absolute Gasteiger partial charge is 0.251 e. The monoisotopic (exact) mass is 315 g/mol. The van der Waals surface area contributed by atoms with Gasteiger partial charge in [-0.05, 0) is 24.3 Å². The van der Waals surface area contributed by atoms with Gasteiger partial charge in [-0.3, -0.25) is 9.78 Å². The lowest BCUT2D eigenvalue weighted by Gasteiger charge is -2.09. The molecular formula is C20H17N3O. The summed E-state index contributed by atoms with van der Waals surface area (Å²) in [6, 6.07) is 19.6. The van der Waals surface area contributed by atoms with Gasteiger partial charge in [0.25, 0.3) is 5.91 Å². The third kappa shape index (κ3) is 2.52. The Kier molecular flexibility index (Phi) is 3.71. The first-order valence-corrected chi connectivity index (χ1v) is 7.99. The average Bonchev–Trinajstić information content (AvgIpc) is 2.97. The fourth-order valence-electron chi connectivity index (χ4n) is 3.11. The SMILES string of the molecule is O=C(NCCn1c2ccccc2c2ccncc21)c1ccccc1. The number of hydrogen-bond donors (Lipinski definition) is 1. The zero-order chi connectivity index (χ0) is 16.4. The molecule has 4 rings (SSSR count). The third-order valence-electron chi connectivity index (χ3n) is 4.23. The fourth-order valence-corrected chi connectivity index (χ4v) is 3.11. The van der Waals surface area contributed by atoms with E-state index in [9.17, 15) is 4.79 Å². The maximum Gasteiger partial charge on any atom is 0.251 e. The van der Waals surface area contributed by atoms with Crippen molar-refractivity contribution in [3.8, 4) is 0 Å². The molecule has 0 spiro atoms. The van der Waals surface area contributed by atoms with Gasteiger partial charge in [0.2, 0.25) is 0 Å². The molecule has 4 heteroatoms.